The van der Waals surface area contributed by atoms with Crippen LogP contribution in [-0.4, -0.2) is 5.24 Å². The van der Waals surface area contributed by atoms with Crippen LogP contribution < -0.4 is 0 Å². The fourth-order valence-corrected chi connectivity index (χ4v) is 1.23. The van der Waals surface area contributed by atoms with Crippen molar-refractivity contribution in [2.24, 2.45) is 0 Å². The maximum absolute atomic E-state index is 10.8. The molecule has 15 heavy (non-hydrogen) atoms. The van der Waals surface area contributed by atoms with E-state index in [0.717, 1.165) is 0 Å². The van der Waals surface area contributed by atoms with Gasteiger partial charge in [-0.25, -0.2) is 0 Å². The number of carbonyl (C=O) groups excluding carboxylic acids is 1. The van der Waals surface area contributed by atoms with Gasteiger partial charge in [0.25, 0.3) is 5.24 Å². The van der Waals surface area contributed by atoms with Gasteiger partial charge in [-0.05, 0) is 34.7 Å². The van der Waals surface area contributed by atoms with E-state index in [2.05, 4.69) is 20.8 Å². The minimum atomic E-state index is -0.402. The third-order valence-corrected chi connectivity index (χ3v) is 2.20. The van der Waals surface area contributed by atoms with Gasteiger partial charge < -0.3 is 0 Å². The van der Waals surface area contributed by atoms with Crippen LogP contribution in [-0.2, 0) is 5.41 Å². The Morgan fingerprint density at radius 3 is 1.73 bits per heavy atom. The van der Waals surface area contributed by atoms with Gasteiger partial charge in [0.15, 0.2) is 0 Å². The molecule has 0 amide bonds. The Bertz CT molecular complexity index is 306. The van der Waals surface area contributed by atoms with E-state index in [-0.39, 0.29) is 5.41 Å². The number of hydrogen-bond acceptors (Lipinski definition) is 1. The number of halogens is 1. The van der Waals surface area contributed by atoms with Crippen molar-refractivity contribution in [2.45, 2.75) is 40.0 Å². The normalized spacial score (nSPS) is 10.3. The van der Waals surface area contributed by atoms with E-state index in [1.54, 1.807) is 12.1 Å². The lowest BCUT2D eigenvalue weighted by Crippen LogP contribution is -2.10. The smallest absolute Gasteiger partial charge is 0.252 e. The lowest BCUT2D eigenvalue weighted by molar-refractivity contribution is 0.108. The second kappa shape index (κ2) is 5.92. The number of hydrogen-bond donors (Lipinski definition) is 0. The molecule has 1 nitrogen and oxygen atoms in total. The van der Waals surface area contributed by atoms with Gasteiger partial charge in [0, 0.05) is 5.56 Å². The summed E-state index contributed by atoms with van der Waals surface area (Å²) in [7, 11) is 0. The minimum Gasteiger partial charge on any atom is -0.276 e. The predicted octanol–water partition coefficient (Wildman–Crippen LogP) is 4.39. The summed E-state index contributed by atoms with van der Waals surface area (Å²) in [4.78, 5) is 10.8. The van der Waals surface area contributed by atoms with Crippen LogP contribution in [0, 0.1) is 0 Å². The average molecular weight is 227 g/mol. The first-order valence-corrected chi connectivity index (χ1v) is 5.59. The van der Waals surface area contributed by atoms with Crippen LogP contribution in [0.4, 0.5) is 0 Å². The molecule has 1 aromatic rings. The van der Waals surface area contributed by atoms with Crippen LogP contribution in [0.1, 0.15) is 50.5 Å². The maximum Gasteiger partial charge on any atom is 0.252 e. The molecule has 0 aromatic heterocycles. The average Bonchev–Trinajstić information content (AvgIpc) is 2.20. The number of benzene rings is 1. The molecule has 0 heterocycles. The largest absolute Gasteiger partial charge is 0.276 e. The SMILES string of the molecule is CC.CC(C)(C)c1ccc(C(=O)Cl)cc1. The molecule has 2 heteroatoms. The van der Waals surface area contributed by atoms with Gasteiger partial charge in [-0.3, -0.25) is 4.79 Å². The summed E-state index contributed by atoms with van der Waals surface area (Å²) in [5.41, 5.74) is 1.87. The standard InChI is InChI=1S/C11H13ClO.C2H6/c1-11(2,3)9-6-4-8(5-7-9)10(12)13;1-2/h4-7H,1-3H3;1-2H3. The highest BCUT2D eigenvalue weighted by Crippen LogP contribution is 2.22. The quantitative estimate of drug-likeness (QED) is 0.650. The summed E-state index contributed by atoms with van der Waals surface area (Å²) in [6, 6.07) is 7.40. The Balaban J connectivity index is 0.000000921. The van der Waals surface area contributed by atoms with Crippen molar-refractivity contribution in [1.29, 1.82) is 0 Å². The van der Waals surface area contributed by atoms with Crippen molar-refractivity contribution in [1.82, 2.24) is 0 Å². The fourth-order valence-electron chi connectivity index (χ4n) is 1.10. The molecule has 0 aliphatic rings. The molecule has 84 valence electrons. The van der Waals surface area contributed by atoms with Gasteiger partial charge in [0.2, 0.25) is 0 Å². The van der Waals surface area contributed by atoms with Crippen LogP contribution in [0.25, 0.3) is 0 Å². The molecule has 0 aliphatic carbocycles. The third kappa shape index (κ3) is 4.48. The summed E-state index contributed by atoms with van der Waals surface area (Å²) >= 11 is 5.33. The second-order valence-electron chi connectivity index (χ2n) is 4.10. The lowest BCUT2D eigenvalue weighted by atomic mass is 9.87. The van der Waals surface area contributed by atoms with Crippen molar-refractivity contribution < 1.29 is 4.79 Å². The molecule has 0 bridgehead atoms. The van der Waals surface area contributed by atoms with Crippen LogP contribution in [0.15, 0.2) is 24.3 Å². The molecule has 1 rings (SSSR count). The first-order valence-electron chi connectivity index (χ1n) is 5.21. The molecule has 1 aromatic carbocycles. The molecule has 0 atom stereocenters. The number of carbonyl (C=O) groups is 1. The van der Waals surface area contributed by atoms with E-state index in [1.165, 1.54) is 5.56 Å². The third-order valence-electron chi connectivity index (χ3n) is 1.98. The van der Waals surface area contributed by atoms with Crippen molar-refractivity contribution >= 4 is 16.8 Å². The summed E-state index contributed by atoms with van der Waals surface area (Å²) in [5.74, 6) is 0. The molecular formula is C13H19ClO. The van der Waals surface area contributed by atoms with E-state index in [4.69, 9.17) is 11.6 Å². The van der Waals surface area contributed by atoms with Gasteiger partial charge >= 0.3 is 0 Å². The molecule has 0 aliphatic heterocycles. The van der Waals surface area contributed by atoms with Gasteiger partial charge in [0.05, 0.1) is 0 Å². The van der Waals surface area contributed by atoms with Crippen LogP contribution in [0.2, 0.25) is 0 Å². The van der Waals surface area contributed by atoms with E-state index >= 15 is 0 Å². The summed E-state index contributed by atoms with van der Waals surface area (Å²) in [5, 5.41) is -0.402. The van der Waals surface area contributed by atoms with Crippen molar-refractivity contribution in [3.8, 4) is 0 Å². The first-order chi connectivity index (χ1) is 6.91. The highest BCUT2D eigenvalue weighted by atomic mass is 35.5. The predicted molar refractivity (Wildman–Crippen MR) is 66.7 cm³/mol. The molecule has 0 saturated carbocycles. The highest BCUT2D eigenvalue weighted by Gasteiger charge is 2.13. The van der Waals surface area contributed by atoms with E-state index in [0.29, 0.717) is 5.56 Å². The lowest BCUT2D eigenvalue weighted by Gasteiger charge is -2.18. The van der Waals surface area contributed by atoms with Crippen molar-refractivity contribution in [3.63, 3.8) is 0 Å². The Hall–Kier alpha value is -0.820. The zero-order valence-electron chi connectivity index (χ0n) is 10.1. The Labute approximate surface area is 97.5 Å². The van der Waals surface area contributed by atoms with Gasteiger partial charge in [-0.2, -0.15) is 0 Å². The molecule has 0 fully saturated rings. The van der Waals surface area contributed by atoms with Crippen LogP contribution in [0.5, 0.6) is 0 Å². The zero-order valence-corrected chi connectivity index (χ0v) is 10.9. The summed E-state index contributed by atoms with van der Waals surface area (Å²) in [6.45, 7) is 10.4. The Morgan fingerprint density at radius 2 is 1.47 bits per heavy atom. The van der Waals surface area contributed by atoms with Crippen molar-refractivity contribution in [2.75, 3.05) is 0 Å². The first kappa shape index (κ1) is 14.2. The zero-order chi connectivity index (χ0) is 12.1. The second-order valence-corrected chi connectivity index (χ2v) is 4.44. The monoisotopic (exact) mass is 226 g/mol. The Kier molecular flexibility index (Phi) is 5.59. The molecule has 0 unspecified atom stereocenters. The number of rotatable bonds is 1. The maximum atomic E-state index is 10.8. The molecule has 0 spiro atoms. The molecule has 0 N–H and O–H groups in total. The van der Waals surface area contributed by atoms with Crippen LogP contribution in [0.3, 0.4) is 0 Å². The van der Waals surface area contributed by atoms with Gasteiger partial charge in [-0.1, -0.05) is 46.8 Å². The highest BCUT2D eigenvalue weighted by molar-refractivity contribution is 6.67. The molecular weight excluding hydrogens is 208 g/mol. The topological polar surface area (TPSA) is 17.1 Å². The molecule has 0 saturated heterocycles. The Morgan fingerprint density at radius 1 is 1.07 bits per heavy atom. The fraction of sp³-hybridized carbons (Fsp3) is 0.462. The summed E-state index contributed by atoms with van der Waals surface area (Å²) < 4.78 is 0. The molecule has 0 radical (unpaired) electrons. The van der Waals surface area contributed by atoms with E-state index in [1.807, 2.05) is 26.0 Å². The van der Waals surface area contributed by atoms with E-state index in [9.17, 15) is 4.79 Å². The van der Waals surface area contributed by atoms with E-state index < -0.39 is 5.24 Å². The minimum absolute atomic E-state index is 0.119. The van der Waals surface area contributed by atoms with Crippen LogP contribution >= 0.6 is 11.6 Å². The van der Waals surface area contributed by atoms with Crippen molar-refractivity contribution in [3.05, 3.63) is 35.4 Å². The van der Waals surface area contributed by atoms with Gasteiger partial charge in [0.1, 0.15) is 0 Å². The van der Waals surface area contributed by atoms with Gasteiger partial charge in [-0.15, -0.1) is 0 Å². The summed E-state index contributed by atoms with van der Waals surface area (Å²) in [6.07, 6.45) is 0.